The maximum atomic E-state index is 12.0. The van der Waals surface area contributed by atoms with Gasteiger partial charge in [0.2, 0.25) is 5.91 Å². The van der Waals surface area contributed by atoms with E-state index in [2.05, 4.69) is 10.6 Å². The Bertz CT molecular complexity index is 486. The number of hydrogen-bond donors (Lipinski definition) is 2. The van der Waals surface area contributed by atoms with Crippen molar-refractivity contribution in [2.75, 3.05) is 13.6 Å². The number of rotatable bonds is 6. The molecule has 0 unspecified atom stereocenters. The Hall–Kier alpha value is -2.13. The number of nitrogens with one attached hydrogen (secondary N) is 2. The third-order valence-electron chi connectivity index (χ3n) is 3.17. The fourth-order valence-electron chi connectivity index (χ4n) is 2.12. The number of amides is 1. The van der Waals surface area contributed by atoms with Crippen molar-refractivity contribution in [2.24, 2.45) is 0 Å². The predicted molar refractivity (Wildman–Crippen MR) is 81.4 cm³/mol. The standard InChI is InChI=1S/C17H20N2O/c1-18-13-12-16(20)19-17(14-8-4-2-5-9-14)15-10-6-3-7-11-15/h2-11,17-18H,12-13H2,1H3,(H,19,20). The Balaban J connectivity index is 2.19. The van der Waals surface area contributed by atoms with Gasteiger partial charge in [-0.25, -0.2) is 0 Å². The van der Waals surface area contributed by atoms with Crippen molar-refractivity contribution in [3.8, 4) is 0 Å². The number of carbonyl (C=O) groups excluding carboxylic acids is 1. The Morgan fingerprint density at radius 1 is 0.950 bits per heavy atom. The SMILES string of the molecule is CNCCC(=O)NC(c1ccccc1)c1ccccc1. The predicted octanol–water partition coefficient (Wildman–Crippen LogP) is 2.50. The summed E-state index contributed by atoms with van der Waals surface area (Å²) >= 11 is 0. The molecule has 0 fully saturated rings. The molecule has 0 aliphatic carbocycles. The highest BCUT2D eigenvalue weighted by molar-refractivity contribution is 5.77. The molecule has 0 aliphatic rings. The molecular weight excluding hydrogens is 248 g/mol. The minimum Gasteiger partial charge on any atom is -0.345 e. The second-order valence-corrected chi connectivity index (χ2v) is 4.68. The molecule has 0 radical (unpaired) electrons. The van der Waals surface area contributed by atoms with Crippen LogP contribution in [-0.4, -0.2) is 19.5 Å². The van der Waals surface area contributed by atoms with Gasteiger partial charge in [0.25, 0.3) is 0 Å². The van der Waals surface area contributed by atoms with E-state index in [0.717, 1.165) is 11.1 Å². The first-order valence-corrected chi connectivity index (χ1v) is 6.85. The summed E-state index contributed by atoms with van der Waals surface area (Å²) in [7, 11) is 1.85. The minimum absolute atomic E-state index is 0.0528. The van der Waals surface area contributed by atoms with Crippen molar-refractivity contribution in [3.05, 3.63) is 71.8 Å². The van der Waals surface area contributed by atoms with Crippen LogP contribution in [0.2, 0.25) is 0 Å². The van der Waals surface area contributed by atoms with Gasteiger partial charge in [0.05, 0.1) is 6.04 Å². The quantitative estimate of drug-likeness (QED) is 0.845. The highest BCUT2D eigenvalue weighted by atomic mass is 16.1. The molecule has 3 nitrogen and oxygen atoms in total. The van der Waals surface area contributed by atoms with Gasteiger partial charge in [-0.2, -0.15) is 0 Å². The average molecular weight is 268 g/mol. The topological polar surface area (TPSA) is 41.1 Å². The second-order valence-electron chi connectivity index (χ2n) is 4.68. The van der Waals surface area contributed by atoms with E-state index in [1.807, 2.05) is 67.7 Å². The van der Waals surface area contributed by atoms with Crippen molar-refractivity contribution >= 4 is 5.91 Å². The van der Waals surface area contributed by atoms with Crippen molar-refractivity contribution < 1.29 is 4.79 Å². The van der Waals surface area contributed by atoms with E-state index in [0.29, 0.717) is 13.0 Å². The minimum atomic E-state index is -0.0956. The molecule has 0 heterocycles. The Labute approximate surface area is 120 Å². The van der Waals surface area contributed by atoms with Gasteiger partial charge in [0.15, 0.2) is 0 Å². The molecule has 20 heavy (non-hydrogen) atoms. The van der Waals surface area contributed by atoms with Gasteiger partial charge in [-0.1, -0.05) is 60.7 Å². The van der Waals surface area contributed by atoms with Gasteiger partial charge < -0.3 is 10.6 Å². The van der Waals surface area contributed by atoms with Crippen LogP contribution in [0.3, 0.4) is 0 Å². The highest BCUT2D eigenvalue weighted by Crippen LogP contribution is 2.21. The Morgan fingerprint density at radius 2 is 1.45 bits per heavy atom. The largest absolute Gasteiger partial charge is 0.345 e. The van der Waals surface area contributed by atoms with Gasteiger partial charge in [-0.15, -0.1) is 0 Å². The summed E-state index contributed by atoms with van der Waals surface area (Å²) in [6.07, 6.45) is 0.479. The lowest BCUT2D eigenvalue weighted by molar-refractivity contribution is -0.121. The summed E-state index contributed by atoms with van der Waals surface area (Å²) in [4.78, 5) is 12.0. The van der Waals surface area contributed by atoms with E-state index in [1.54, 1.807) is 0 Å². The summed E-state index contributed by atoms with van der Waals surface area (Å²) < 4.78 is 0. The maximum Gasteiger partial charge on any atom is 0.222 e. The molecule has 0 saturated heterocycles. The Morgan fingerprint density at radius 3 is 1.90 bits per heavy atom. The van der Waals surface area contributed by atoms with E-state index >= 15 is 0 Å². The van der Waals surface area contributed by atoms with Crippen molar-refractivity contribution in [2.45, 2.75) is 12.5 Å². The molecule has 0 saturated carbocycles. The third-order valence-corrected chi connectivity index (χ3v) is 3.17. The van der Waals surface area contributed by atoms with E-state index in [1.165, 1.54) is 0 Å². The fourth-order valence-corrected chi connectivity index (χ4v) is 2.12. The Kier molecular flexibility index (Phi) is 5.33. The molecule has 0 aliphatic heterocycles. The van der Waals surface area contributed by atoms with Crippen molar-refractivity contribution in [1.29, 1.82) is 0 Å². The van der Waals surface area contributed by atoms with E-state index in [4.69, 9.17) is 0 Å². The molecule has 0 atom stereocenters. The monoisotopic (exact) mass is 268 g/mol. The summed E-state index contributed by atoms with van der Waals surface area (Å²) in [6.45, 7) is 0.683. The lowest BCUT2D eigenvalue weighted by atomic mass is 9.98. The smallest absolute Gasteiger partial charge is 0.222 e. The molecule has 2 aromatic carbocycles. The first-order valence-electron chi connectivity index (χ1n) is 6.85. The highest BCUT2D eigenvalue weighted by Gasteiger charge is 2.15. The van der Waals surface area contributed by atoms with Gasteiger partial charge in [0, 0.05) is 13.0 Å². The zero-order valence-corrected chi connectivity index (χ0v) is 11.7. The summed E-state index contributed by atoms with van der Waals surface area (Å²) in [5.41, 5.74) is 2.19. The van der Waals surface area contributed by atoms with Crippen LogP contribution in [0.25, 0.3) is 0 Å². The van der Waals surface area contributed by atoms with Crippen LogP contribution in [0.15, 0.2) is 60.7 Å². The zero-order chi connectivity index (χ0) is 14.2. The van der Waals surface area contributed by atoms with Crippen LogP contribution >= 0.6 is 0 Å². The first kappa shape index (κ1) is 14.3. The second kappa shape index (κ2) is 7.46. The van der Waals surface area contributed by atoms with Crippen LogP contribution in [0.4, 0.5) is 0 Å². The van der Waals surface area contributed by atoms with Crippen molar-refractivity contribution in [3.63, 3.8) is 0 Å². The first-order chi connectivity index (χ1) is 9.81. The lowest BCUT2D eigenvalue weighted by Crippen LogP contribution is -2.31. The van der Waals surface area contributed by atoms with Crippen LogP contribution in [0.1, 0.15) is 23.6 Å². The zero-order valence-electron chi connectivity index (χ0n) is 11.7. The van der Waals surface area contributed by atoms with E-state index in [-0.39, 0.29) is 11.9 Å². The molecule has 1 amide bonds. The number of hydrogen-bond acceptors (Lipinski definition) is 2. The molecule has 0 aromatic heterocycles. The van der Waals surface area contributed by atoms with Gasteiger partial charge in [-0.05, 0) is 18.2 Å². The number of benzene rings is 2. The lowest BCUT2D eigenvalue weighted by Gasteiger charge is -2.20. The molecule has 3 heteroatoms. The van der Waals surface area contributed by atoms with Crippen molar-refractivity contribution in [1.82, 2.24) is 10.6 Å². The van der Waals surface area contributed by atoms with Crippen LogP contribution in [0, 0.1) is 0 Å². The molecule has 2 rings (SSSR count). The molecule has 0 spiro atoms. The van der Waals surface area contributed by atoms with Crippen LogP contribution < -0.4 is 10.6 Å². The molecule has 2 N–H and O–H groups in total. The molecule has 0 bridgehead atoms. The fraction of sp³-hybridized carbons (Fsp3) is 0.235. The summed E-state index contributed by atoms with van der Waals surface area (Å²) in [5, 5.41) is 6.10. The van der Waals surface area contributed by atoms with Gasteiger partial charge >= 0.3 is 0 Å². The molecule has 104 valence electrons. The van der Waals surface area contributed by atoms with Gasteiger partial charge in [0.1, 0.15) is 0 Å². The summed E-state index contributed by atoms with van der Waals surface area (Å²) in [6, 6.07) is 20.0. The number of carbonyl (C=O) groups is 1. The van der Waals surface area contributed by atoms with E-state index in [9.17, 15) is 4.79 Å². The van der Waals surface area contributed by atoms with Crippen LogP contribution in [-0.2, 0) is 4.79 Å². The summed E-state index contributed by atoms with van der Waals surface area (Å²) in [5.74, 6) is 0.0528. The molecular formula is C17H20N2O. The molecule has 2 aromatic rings. The third kappa shape index (κ3) is 3.93. The maximum absolute atomic E-state index is 12.0. The van der Waals surface area contributed by atoms with E-state index < -0.39 is 0 Å². The average Bonchev–Trinajstić information content (AvgIpc) is 2.52. The van der Waals surface area contributed by atoms with Gasteiger partial charge in [-0.3, -0.25) is 4.79 Å². The van der Waals surface area contributed by atoms with Crippen LogP contribution in [0.5, 0.6) is 0 Å². The normalized spacial score (nSPS) is 10.5.